The van der Waals surface area contributed by atoms with Gasteiger partial charge < -0.3 is 19.9 Å². The summed E-state index contributed by atoms with van der Waals surface area (Å²) in [6.07, 6.45) is 5.23. The molecule has 1 atom stereocenters. The number of thiophene rings is 1. The van der Waals surface area contributed by atoms with Crippen LogP contribution in [0.3, 0.4) is 0 Å². The van der Waals surface area contributed by atoms with Gasteiger partial charge in [-0.2, -0.15) is 0 Å². The van der Waals surface area contributed by atoms with Gasteiger partial charge in [0.2, 0.25) is 5.43 Å². The number of aromatic nitrogens is 1. The molecule has 34 heavy (non-hydrogen) atoms. The number of amides is 2. The van der Waals surface area contributed by atoms with E-state index >= 15 is 0 Å². The first-order valence-electron chi connectivity index (χ1n) is 11.4. The Labute approximate surface area is 203 Å². The largest absolute Gasteiger partial charge is 0.383 e. The summed E-state index contributed by atoms with van der Waals surface area (Å²) in [5.41, 5.74) is 0.511. The lowest BCUT2D eigenvalue weighted by Gasteiger charge is -2.17. The van der Waals surface area contributed by atoms with Crippen molar-refractivity contribution < 1.29 is 14.3 Å². The normalized spacial score (nSPS) is 11.7. The number of aryl methyl sites for hydroxylation is 1. The number of rotatable bonds is 12. The van der Waals surface area contributed by atoms with E-state index in [1.165, 1.54) is 18.0 Å². The van der Waals surface area contributed by atoms with Gasteiger partial charge in [0.25, 0.3) is 11.8 Å². The Morgan fingerprint density at radius 2 is 1.79 bits per heavy atom. The number of benzene rings is 1. The summed E-state index contributed by atoms with van der Waals surface area (Å²) in [5.74, 6) is -0.973. The van der Waals surface area contributed by atoms with Crippen LogP contribution < -0.4 is 16.1 Å². The van der Waals surface area contributed by atoms with Crippen LogP contribution in [0.1, 0.15) is 57.0 Å². The Bertz CT molecular complexity index is 1130. The monoisotopic (exact) mass is 481 g/mol. The van der Waals surface area contributed by atoms with Crippen molar-refractivity contribution >= 4 is 23.2 Å². The molecule has 2 amide bonds. The van der Waals surface area contributed by atoms with Crippen molar-refractivity contribution in [3.8, 4) is 0 Å². The van der Waals surface area contributed by atoms with Gasteiger partial charge in [-0.05, 0) is 36.3 Å². The molecule has 0 bridgehead atoms. The van der Waals surface area contributed by atoms with Crippen molar-refractivity contribution in [3.05, 3.63) is 92.0 Å². The van der Waals surface area contributed by atoms with Crippen LogP contribution in [-0.2, 0) is 17.7 Å². The molecule has 3 rings (SSSR count). The Balaban J connectivity index is 1.75. The van der Waals surface area contributed by atoms with E-state index in [0.29, 0.717) is 26.1 Å². The minimum absolute atomic E-state index is 0.0485. The molecule has 0 radical (unpaired) electrons. The van der Waals surface area contributed by atoms with Crippen molar-refractivity contribution in [2.24, 2.45) is 0 Å². The second-order valence-corrected chi connectivity index (χ2v) is 8.92. The van der Waals surface area contributed by atoms with Crippen molar-refractivity contribution in [1.29, 1.82) is 0 Å². The van der Waals surface area contributed by atoms with Crippen LogP contribution in [0.4, 0.5) is 0 Å². The topological polar surface area (TPSA) is 89.4 Å². The molecule has 1 aromatic carbocycles. The van der Waals surface area contributed by atoms with Crippen LogP contribution in [0.5, 0.6) is 0 Å². The number of ether oxygens (including phenoxy) is 1. The number of nitrogens with zero attached hydrogens (tertiary/aromatic N) is 1. The van der Waals surface area contributed by atoms with Crippen molar-refractivity contribution in [3.63, 3.8) is 0 Å². The zero-order valence-corrected chi connectivity index (χ0v) is 20.4. The number of methoxy groups -OCH3 is 1. The van der Waals surface area contributed by atoms with Gasteiger partial charge in [-0.3, -0.25) is 14.4 Å². The van der Waals surface area contributed by atoms with Gasteiger partial charge in [0.1, 0.15) is 11.1 Å². The minimum Gasteiger partial charge on any atom is -0.383 e. The first-order chi connectivity index (χ1) is 16.5. The first-order valence-corrected chi connectivity index (χ1v) is 12.3. The van der Waals surface area contributed by atoms with Gasteiger partial charge in [-0.15, -0.1) is 11.3 Å². The SMILES string of the molecule is CCC(NC(=O)c1cn(CCOC)cc(C(=O)NCCCc2ccccc2)c1=O)c1cccs1. The fourth-order valence-electron chi connectivity index (χ4n) is 3.61. The lowest BCUT2D eigenvalue weighted by molar-refractivity contribution is 0.0934. The molecule has 0 saturated heterocycles. The lowest BCUT2D eigenvalue weighted by Crippen LogP contribution is -2.37. The Morgan fingerprint density at radius 3 is 2.44 bits per heavy atom. The molecule has 0 aliphatic rings. The summed E-state index contributed by atoms with van der Waals surface area (Å²) >= 11 is 1.55. The second-order valence-electron chi connectivity index (χ2n) is 7.94. The van der Waals surface area contributed by atoms with Gasteiger partial charge in [-0.25, -0.2) is 0 Å². The first kappa shape index (κ1) is 25.4. The van der Waals surface area contributed by atoms with Crippen molar-refractivity contribution in [2.75, 3.05) is 20.3 Å². The molecule has 7 nitrogen and oxygen atoms in total. The van der Waals surface area contributed by atoms with E-state index in [2.05, 4.69) is 10.6 Å². The van der Waals surface area contributed by atoms with Crippen LogP contribution in [0.15, 0.2) is 65.0 Å². The van der Waals surface area contributed by atoms with Gasteiger partial charge in [0.05, 0.1) is 12.6 Å². The molecule has 180 valence electrons. The standard InChI is InChI=1S/C26H31N3O4S/c1-3-22(23-12-8-16-34-23)28-26(32)21-18-29(14-15-33-2)17-20(24(21)30)25(31)27-13-7-11-19-9-5-4-6-10-19/h4-6,8-10,12,16-18,22H,3,7,11,13-15H2,1-2H3,(H,27,31)(H,28,32). The third kappa shape index (κ3) is 6.88. The van der Waals surface area contributed by atoms with Gasteiger partial charge in [0, 0.05) is 37.5 Å². The predicted octanol–water partition coefficient (Wildman–Crippen LogP) is 3.80. The minimum atomic E-state index is -0.576. The molecule has 1 unspecified atom stereocenters. The molecule has 3 aromatic rings. The second kappa shape index (κ2) is 12.9. The highest BCUT2D eigenvalue weighted by atomic mass is 32.1. The molecule has 0 saturated carbocycles. The number of carbonyl (C=O) groups excluding carboxylic acids is 2. The van der Waals surface area contributed by atoms with Gasteiger partial charge in [0.15, 0.2) is 0 Å². The van der Waals surface area contributed by atoms with Crippen LogP contribution in [0.25, 0.3) is 0 Å². The van der Waals surface area contributed by atoms with Crippen molar-refractivity contribution in [1.82, 2.24) is 15.2 Å². The summed E-state index contributed by atoms with van der Waals surface area (Å²) in [6.45, 7) is 3.20. The maximum atomic E-state index is 13.1. The maximum Gasteiger partial charge on any atom is 0.257 e. The average Bonchev–Trinajstić information content (AvgIpc) is 3.39. The zero-order chi connectivity index (χ0) is 24.3. The average molecular weight is 482 g/mol. The highest BCUT2D eigenvalue weighted by molar-refractivity contribution is 7.10. The summed E-state index contributed by atoms with van der Waals surface area (Å²) < 4.78 is 6.79. The molecular formula is C26H31N3O4S. The Morgan fingerprint density at radius 1 is 1.06 bits per heavy atom. The van der Waals surface area contributed by atoms with E-state index in [9.17, 15) is 14.4 Å². The highest BCUT2D eigenvalue weighted by Gasteiger charge is 2.22. The zero-order valence-electron chi connectivity index (χ0n) is 19.6. The number of carbonyl (C=O) groups is 2. The smallest absolute Gasteiger partial charge is 0.257 e. The van der Waals surface area contributed by atoms with E-state index in [0.717, 1.165) is 17.7 Å². The predicted molar refractivity (Wildman–Crippen MR) is 134 cm³/mol. The molecule has 8 heteroatoms. The van der Waals surface area contributed by atoms with Crippen LogP contribution in [-0.4, -0.2) is 36.6 Å². The summed E-state index contributed by atoms with van der Waals surface area (Å²) in [6, 6.07) is 13.7. The third-order valence-corrected chi connectivity index (χ3v) is 6.48. The number of hydrogen-bond donors (Lipinski definition) is 2. The summed E-state index contributed by atoms with van der Waals surface area (Å²) in [7, 11) is 1.57. The maximum absolute atomic E-state index is 13.1. The number of hydrogen-bond acceptors (Lipinski definition) is 5. The summed E-state index contributed by atoms with van der Waals surface area (Å²) in [5, 5.41) is 7.71. The third-order valence-electron chi connectivity index (χ3n) is 5.49. The lowest BCUT2D eigenvalue weighted by atomic mass is 10.1. The molecule has 2 heterocycles. The van der Waals surface area contributed by atoms with E-state index in [1.807, 2.05) is 54.8 Å². The van der Waals surface area contributed by atoms with E-state index in [1.54, 1.807) is 23.0 Å². The van der Waals surface area contributed by atoms with Gasteiger partial charge in [-0.1, -0.05) is 43.3 Å². The number of nitrogens with one attached hydrogen (secondary N) is 2. The van der Waals surface area contributed by atoms with E-state index in [-0.39, 0.29) is 17.2 Å². The van der Waals surface area contributed by atoms with Crippen LogP contribution in [0, 0.1) is 0 Å². The quantitative estimate of drug-likeness (QED) is 0.385. The Kier molecular flexibility index (Phi) is 9.61. The summed E-state index contributed by atoms with van der Waals surface area (Å²) in [4.78, 5) is 40.1. The van der Waals surface area contributed by atoms with E-state index < -0.39 is 17.2 Å². The molecule has 0 fully saturated rings. The fraction of sp³-hybridized carbons (Fsp3) is 0.346. The van der Waals surface area contributed by atoms with E-state index in [4.69, 9.17) is 4.74 Å². The molecule has 2 N–H and O–H groups in total. The van der Waals surface area contributed by atoms with Crippen molar-refractivity contribution in [2.45, 2.75) is 38.8 Å². The highest BCUT2D eigenvalue weighted by Crippen LogP contribution is 2.22. The molecule has 0 aliphatic carbocycles. The van der Waals surface area contributed by atoms with Gasteiger partial charge >= 0.3 is 0 Å². The van der Waals surface area contributed by atoms with Crippen LogP contribution >= 0.6 is 11.3 Å². The number of pyridine rings is 1. The molecule has 0 spiro atoms. The fourth-order valence-corrected chi connectivity index (χ4v) is 4.48. The molecule has 2 aromatic heterocycles. The van der Waals surface area contributed by atoms with Crippen LogP contribution in [0.2, 0.25) is 0 Å². The molecule has 0 aliphatic heterocycles. The Hall–Kier alpha value is -3.23. The molecular weight excluding hydrogens is 450 g/mol.